The Kier molecular flexibility index (Phi) is 4.00. The van der Waals surface area contributed by atoms with Gasteiger partial charge in [-0.1, -0.05) is 47.0 Å². The molecule has 0 spiro atoms. The standard InChI is InChI=1S/C13H27N/c1-5-10(6-2)12(14)11-8-7-9-13(11,3)4/h10-12H,5-9,14H2,1-4H3. The van der Waals surface area contributed by atoms with E-state index in [9.17, 15) is 0 Å². The van der Waals surface area contributed by atoms with Crippen LogP contribution in [0.5, 0.6) is 0 Å². The van der Waals surface area contributed by atoms with Gasteiger partial charge in [0.1, 0.15) is 0 Å². The van der Waals surface area contributed by atoms with Gasteiger partial charge in [0.15, 0.2) is 0 Å². The fourth-order valence-corrected chi connectivity index (χ4v) is 3.23. The maximum atomic E-state index is 6.42. The van der Waals surface area contributed by atoms with Gasteiger partial charge in [0.25, 0.3) is 0 Å². The first-order chi connectivity index (χ1) is 6.53. The lowest BCUT2D eigenvalue weighted by atomic mass is 9.73. The van der Waals surface area contributed by atoms with Crippen molar-refractivity contribution in [3.05, 3.63) is 0 Å². The van der Waals surface area contributed by atoms with Crippen LogP contribution in [0.1, 0.15) is 59.8 Å². The second-order valence-corrected chi connectivity index (χ2v) is 5.64. The van der Waals surface area contributed by atoms with E-state index in [2.05, 4.69) is 27.7 Å². The highest BCUT2D eigenvalue weighted by Gasteiger charge is 2.39. The summed E-state index contributed by atoms with van der Waals surface area (Å²) in [5.41, 5.74) is 6.91. The first-order valence-electron chi connectivity index (χ1n) is 6.28. The fourth-order valence-electron chi connectivity index (χ4n) is 3.23. The van der Waals surface area contributed by atoms with Crippen molar-refractivity contribution in [2.45, 2.75) is 65.8 Å². The number of nitrogens with two attached hydrogens (primary N) is 1. The lowest BCUT2D eigenvalue weighted by Gasteiger charge is -2.36. The summed E-state index contributed by atoms with van der Waals surface area (Å²) in [4.78, 5) is 0. The third-order valence-corrected chi connectivity index (χ3v) is 4.40. The molecule has 1 heteroatoms. The topological polar surface area (TPSA) is 26.0 Å². The summed E-state index contributed by atoms with van der Waals surface area (Å²) in [7, 11) is 0. The van der Waals surface area contributed by atoms with Gasteiger partial charge in [0, 0.05) is 6.04 Å². The molecule has 2 unspecified atom stereocenters. The molecule has 0 aliphatic heterocycles. The number of hydrogen-bond acceptors (Lipinski definition) is 1. The van der Waals surface area contributed by atoms with Crippen molar-refractivity contribution in [2.24, 2.45) is 23.0 Å². The molecular formula is C13H27N. The maximum Gasteiger partial charge on any atom is 0.0100 e. The Morgan fingerprint density at radius 2 is 1.86 bits per heavy atom. The van der Waals surface area contributed by atoms with E-state index in [4.69, 9.17) is 5.73 Å². The van der Waals surface area contributed by atoms with Crippen LogP contribution in [0.3, 0.4) is 0 Å². The van der Waals surface area contributed by atoms with Gasteiger partial charge in [-0.05, 0) is 30.1 Å². The molecule has 1 nitrogen and oxygen atoms in total. The second-order valence-electron chi connectivity index (χ2n) is 5.64. The van der Waals surface area contributed by atoms with Gasteiger partial charge < -0.3 is 5.73 Å². The minimum atomic E-state index is 0.433. The van der Waals surface area contributed by atoms with E-state index >= 15 is 0 Å². The van der Waals surface area contributed by atoms with Crippen molar-refractivity contribution in [3.8, 4) is 0 Å². The van der Waals surface area contributed by atoms with E-state index in [-0.39, 0.29) is 0 Å². The largest absolute Gasteiger partial charge is 0.327 e. The van der Waals surface area contributed by atoms with Crippen LogP contribution in [-0.2, 0) is 0 Å². The van der Waals surface area contributed by atoms with Crippen LogP contribution >= 0.6 is 0 Å². The Balaban J connectivity index is 2.63. The highest BCUT2D eigenvalue weighted by atomic mass is 14.7. The Morgan fingerprint density at radius 3 is 2.21 bits per heavy atom. The Hall–Kier alpha value is -0.0400. The molecule has 0 aromatic carbocycles. The van der Waals surface area contributed by atoms with Crippen LogP contribution in [0.2, 0.25) is 0 Å². The van der Waals surface area contributed by atoms with Crippen molar-refractivity contribution >= 4 is 0 Å². The fraction of sp³-hybridized carbons (Fsp3) is 1.00. The molecule has 0 amide bonds. The van der Waals surface area contributed by atoms with E-state index in [1.807, 2.05) is 0 Å². The third kappa shape index (κ3) is 2.31. The molecule has 0 saturated heterocycles. The number of hydrogen-bond donors (Lipinski definition) is 1. The summed E-state index contributed by atoms with van der Waals surface area (Å²) in [6, 6.07) is 0.433. The Bertz CT molecular complexity index is 170. The first kappa shape index (κ1) is 12.0. The van der Waals surface area contributed by atoms with E-state index in [0.717, 1.165) is 11.8 Å². The molecule has 1 rings (SSSR count). The molecular weight excluding hydrogens is 170 g/mol. The molecule has 84 valence electrons. The molecule has 14 heavy (non-hydrogen) atoms. The van der Waals surface area contributed by atoms with E-state index in [1.54, 1.807) is 0 Å². The highest BCUT2D eigenvalue weighted by molar-refractivity contribution is 4.93. The summed E-state index contributed by atoms with van der Waals surface area (Å²) in [6.07, 6.45) is 6.58. The predicted molar refractivity (Wildman–Crippen MR) is 63.2 cm³/mol. The van der Waals surface area contributed by atoms with Gasteiger partial charge in [-0.2, -0.15) is 0 Å². The predicted octanol–water partition coefficient (Wildman–Crippen LogP) is 3.58. The molecule has 0 heterocycles. The van der Waals surface area contributed by atoms with Crippen molar-refractivity contribution in [1.29, 1.82) is 0 Å². The minimum Gasteiger partial charge on any atom is -0.327 e. The number of rotatable bonds is 4. The molecule has 2 N–H and O–H groups in total. The molecule has 1 aliphatic rings. The van der Waals surface area contributed by atoms with Gasteiger partial charge in [0.05, 0.1) is 0 Å². The lowest BCUT2D eigenvalue weighted by Crippen LogP contribution is -2.41. The quantitative estimate of drug-likeness (QED) is 0.732. The maximum absolute atomic E-state index is 6.42. The van der Waals surface area contributed by atoms with Crippen LogP contribution in [0, 0.1) is 17.3 Å². The Labute approximate surface area is 89.5 Å². The molecule has 1 saturated carbocycles. The molecule has 0 aromatic heterocycles. The van der Waals surface area contributed by atoms with Crippen LogP contribution in [-0.4, -0.2) is 6.04 Å². The molecule has 0 radical (unpaired) electrons. The van der Waals surface area contributed by atoms with Gasteiger partial charge in [-0.25, -0.2) is 0 Å². The summed E-state index contributed by atoms with van der Waals surface area (Å²) < 4.78 is 0. The van der Waals surface area contributed by atoms with Gasteiger partial charge in [-0.3, -0.25) is 0 Å². The zero-order valence-corrected chi connectivity index (χ0v) is 10.3. The van der Waals surface area contributed by atoms with E-state index in [0.29, 0.717) is 11.5 Å². The highest BCUT2D eigenvalue weighted by Crippen LogP contribution is 2.45. The normalized spacial score (nSPS) is 28.3. The summed E-state index contributed by atoms with van der Waals surface area (Å²) >= 11 is 0. The van der Waals surface area contributed by atoms with Crippen molar-refractivity contribution in [1.82, 2.24) is 0 Å². The molecule has 1 aliphatic carbocycles. The van der Waals surface area contributed by atoms with Crippen molar-refractivity contribution in [2.75, 3.05) is 0 Å². The average Bonchev–Trinajstić information content (AvgIpc) is 2.47. The SMILES string of the molecule is CCC(CC)C(N)C1CCCC1(C)C. The lowest BCUT2D eigenvalue weighted by molar-refractivity contribution is 0.175. The van der Waals surface area contributed by atoms with Crippen LogP contribution in [0.15, 0.2) is 0 Å². The minimum absolute atomic E-state index is 0.433. The van der Waals surface area contributed by atoms with Crippen LogP contribution < -0.4 is 5.73 Å². The first-order valence-corrected chi connectivity index (χ1v) is 6.28. The van der Waals surface area contributed by atoms with Crippen LogP contribution in [0.25, 0.3) is 0 Å². The molecule has 0 bridgehead atoms. The van der Waals surface area contributed by atoms with Crippen molar-refractivity contribution < 1.29 is 0 Å². The third-order valence-electron chi connectivity index (χ3n) is 4.40. The van der Waals surface area contributed by atoms with Gasteiger partial charge in [-0.15, -0.1) is 0 Å². The van der Waals surface area contributed by atoms with Crippen molar-refractivity contribution in [3.63, 3.8) is 0 Å². The Morgan fingerprint density at radius 1 is 1.29 bits per heavy atom. The van der Waals surface area contributed by atoms with Gasteiger partial charge in [0.2, 0.25) is 0 Å². The summed E-state index contributed by atoms with van der Waals surface area (Å²) in [6.45, 7) is 9.34. The molecule has 0 aromatic rings. The molecule has 2 atom stereocenters. The zero-order valence-electron chi connectivity index (χ0n) is 10.3. The monoisotopic (exact) mass is 197 g/mol. The smallest absolute Gasteiger partial charge is 0.0100 e. The molecule has 1 fully saturated rings. The average molecular weight is 197 g/mol. The summed E-state index contributed by atoms with van der Waals surface area (Å²) in [5, 5.41) is 0. The zero-order chi connectivity index (χ0) is 10.8. The van der Waals surface area contributed by atoms with Crippen LogP contribution in [0.4, 0.5) is 0 Å². The van der Waals surface area contributed by atoms with E-state index < -0.39 is 0 Å². The second kappa shape index (κ2) is 4.65. The van der Waals surface area contributed by atoms with Gasteiger partial charge >= 0.3 is 0 Å². The summed E-state index contributed by atoms with van der Waals surface area (Å²) in [5.74, 6) is 1.49. The van der Waals surface area contributed by atoms with E-state index in [1.165, 1.54) is 32.1 Å².